The molecule has 0 amide bonds. The summed E-state index contributed by atoms with van der Waals surface area (Å²) in [4.78, 5) is 6.47. The van der Waals surface area contributed by atoms with E-state index in [0.29, 0.717) is 6.07 Å². The third-order valence-electron chi connectivity index (χ3n) is 4.40. The third-order valence-corrected chi connectivity index (χ3v) is 4.40. The highest BCUT2D eigenvalue weighted by Crippen LogP contribution is 2.33. The minimum atomic E-state index is -4.53. The number of likely N-dealkylation sites (tertiary alicyclic amines) is 1. The van der Waals surface area contributed by atoms with E-state index in [0.717, 1.165) is 37.6 Å². The molecule has 0 radical (unpaired) electrons. The van der Waals surface area contributed by atoms with E-state index >= 15 is 0 Å². The molecule has 0 N–H and O–H groups in total. The third kappa shape index (κ3) is 3.75. The average molecular weight is 338 g/mol. The molecule has 2 aromatic rings. The largest absolute Gasteiger partial charge is 0.416 e. The lowest BCUT2D eigenvalue weighted by Crippen LogP contribution is -2.33. The lowest BCUT2D eigenvalue weighted by molar-refractivity contribution is -0.137. The monoisotopic (exact) mass is 338 g/mol. The molecular formula is C18H18F4N2. The second-order valence-corrected chi connectivity index (χ2v) is 6.04. The fourth-order valence-corrected chi connectivity index (χ4v) is 3.16. The predicted octanol–water partition coefficient (Wildman–Crippen LogP) is 4.97. The van der Waals surface area contributed by atoms with Gasteiger partial charge in [-0.3, -0.25) is 9.88 Å². The summed E-state index contributed by atoms with van der Waals surface area (Å²) in [6, 6.07) is 8.52. The van der Waals surface area contributed by atoms with Crippen LogP contribution in [0.2, 0.25) is 0 Å². The van der Waals surface area contributed by atoms with Crippen LogP contribution in [0.3, 0.4) is 0 Å². The van der Waals surface area contributed by atoms with E-state index in [9.17, 15) is 17.6 Å². The molecule has 0 unspecified atom stereocenters. The van der Waals surface area contributed by atoms with Crippen molar-refractivity contribution in [2.24, 2.45) is 0 Å². The van der Waals surface area contributed by atoms with Gasteiger partial charge in [-0.2, -0.15) is 13.2 Å². The van der Waals surface area contributed by atoms with Gasteiger partial charge in [-0.25, -0.2) is 4.39 Å². The number of nitrogens with zero attached hydrogens (tertiary/aromatic N) is 2. The number of halogens is 4. The van der Waals surface area contributed by atoms with Crippen LogP contribution in [0.4, 0.5) is 17.6 Å². The van der Waals surface area contributed by atoms with Crippen molar-refractivity contribution in [2.75, 3.05) is 6.54 Å². The van der Waals surface area contributed by atoms with Crippen molar-refractivity contribution < 1.29 is 17.6 Å². The van der Waals surface area contributed by atoms with Gasteiger partial charge in [0.1, 0.15) is 5.82 Å². The van der Waals surface area contributed by atoms with Crippen LogP contribution in [-0.2, 0) is 12.7 Å². The van der Waals surface area contributed by atoms with Crippen LogP contribution in [0.5, 0.6) is 0 Å². The fraction of sp³-hybridized carbons (Fsp3) is 0.389. The maximum atomic E-state index is 14.1. The van der Waals surface area contributed by atoms with Gasteiger partial charge in [0.15, 0.2) is 0 Å². The number of aromatic nitrogens is 1. The van der Waals surface area contributed by atoms with Gasteiger partial charge < -0.3 is 0 Å². The van der Waals surface area contributed by atoms with Crippen molar-refractivity contribution in [3.63, 3.8) is 0 Å². The van der Waals surface area contributed by atoms with E-state index in [2.05, 4.69) is 9.88 Å². The van der Waals surface area contributed by atoms with Crippen molar-refractivity contribution in [3.8, 4) is 0 Å². The number of benzene rings is 1. The molecule has 128 valence electrons. The molecule has 6 heteroatoms. The highest BCUT2D eigenvalue weighted by molar-refractivity contribution is 5.26. The van der Waals surface area contributed by atoms with E-state index in [1.54, 1.807) is 6.20 Å². The molecule has 2 nitrogen and oxygen atoms in total. The first kappa shape index (κ1) is 16.9. The summed E-state index contributed by atoms with van der Waals surface area (Å²) in [7, 11) is 0. The van der Waals surface area contributed by atoms with E-state index in [4.69, 9.17) is 0 Å². The Balaban J connectivity index is 1.81. The van der Waals surface area contributed by atoms with Gasteiger partial charge in [-0.15, -0.1) is 0 Å². The Morgan fingerprint density at radius 2 is 1.96 bits per heavy atom. The Hall–Kier alpha value is -1.95. The van der Waals surface area contributed by atoms with Gasteiger partial charge in [0.05, 0.1) is 17.3 Å². The zero-order valence-corrected chi connectivity index (χ0v) is 13.1. The van der Waals surface area contributed by atoms with Crippen molar-refractivity contribution in [3.05, 3.63) is 65.2 Å². The maximum Gasteiger partial charge on any atom is 0.416 e. The molecule has 0 bridgehead atoms. The zero-order valence-electron chi connectivity index (χ0n) is 13.1. The number of alkyl halides is 3. The standard InChI is InChI=1S/C18H18F4N2/c19-15-11-14(18(20,21)22)8-7-13(15)12-24-10-4-2-6-17(24)16-5-1-3-9-23-16/h1,3,5,7-9,11,17H,2,4,6,10,12H2/t17-/m1/s1. The number of hydrogen-bond acceptors (Lipinski definition) is 2. The molecule has 1 aliphatic heterocycles. The Morgan fingerprint density at radius 1 is 1.12 bits per heavy atom. The van der Waals surface area contributed by atoms with E-state index in [-0.39, 0.29) is 18.2 Å². The minimum Gasteiger partial charge on any atom is -0.290 e. The van der Waals surface area contributed by atoms with Crippen molar-refractivity contribution in [1.29, 1.82) is 0 Å². The van der Waals surface area contributed by atoms with Crippen molar-refractivity contribution in [2.45, 2.75) is 38.0 Å². The quantitative estimate of drug-likeness (QED) is 0.735. The van der Waals surface area contributed by atoms with Crippen LogP contribution in [0.25, 0.3) is 0 Å². The normalized spacial score (nSPS) is 19.4. The second kappa shape index (κ2) is 6.89. The summed E-state index contributed by atoms with van der Waals surface area (Å²) in [6.45, 7) is 1.06. The Labute approximate surface area is 138 Å². The molecule has 0 spiro atoms. The summed E-state index contributed by atoms with van der Waals surface area (Å²) in [5.74, 6) is -0.810. The Kier molecular flexibility index (Phi) is 4.85. The summed E-state index contributed by atoms with van der Waals surface area (Å²) in [6.07, 6.45) is 0.167. The first-order chi connectivity index (χ1) is 11.4. The van der Waals surface area contributed by atoms with Crippen molar-refractivity contribution >= 4 is 0 Å². The van der Waals surface area contributed by atoms with Crippen LogP contribution in [0.1, 0.15) is 42.1 Å². The Bertz CT molecular complexity index is 685. The smallest absolute Gasteiger partial charge is 0.290 e. The first-order valence-corrected chi connectivity index (χ1v) is 7.96. The number of piperidine rings is 1. The van der Waals surface area contributed by atoms with E-state index in [1.807, 2.05) is 18.2 Å². The fourth-order valence-electron chi connectivity index (χ4n) is 3.16. The zero-order chi connectivity index (χ0) is 17.2. The maximum absolute atomic E-state index is 14.1. The molecule has 0 aliphatic carbocycles. The number of hydrogen-bond donors (Lipinski definition) is 0. The van der Waals surface area contributed by atoms with E-state index < -0.39 is 17.6 Å². The van der Waals surface area contributed by atoms with Gasteiger partial charge in [0, 0.05) is 18.3 Å². The minimum absolute atomic E-state index is 0.0710. The molecule has 3 rings (SSSR count). The molecule has 2 heterocycles. The van der Waals surface area contributed by atoms with Crippen LogP contribution in [-0.4, -0.2) is 16.4 Å². The second-order valence-electron chi connectivity index (χ2n) is 6.04. The van der Waals surface area contributed by atoms with Gasteiger partial charge in [-0.1, -0.05) is 18.6 Å². The molecule has 24 heavy (non-hydrogen) atoms. The first-order valence-electron chi connectivity index (χ1n) is 7.96. The van der Waals surface area contributed by atoms with Crippen LogP contribution in [0.15, 0.2) is 42.6 Å². The molecule has 1 atom stereocenters. The van der Waals surface area contributed by atoms with Crippen LogP contribution < -0.4 is 0 Å². The molecule has 0 saturated carbocycles. The molecule has 1 aromatic carbocycles. The lowest BCUT2D eigenvalue weighted by Gasteiger charge is -2.35. The highest BCUT2D eigenvalue weighted by atomic mass is 19.4. The van der Waals surface area contributed by atoms with Gasteiger partial charge in [-0.05, 0) is 43.7 Å². The molecular weight excluding hydrogens is 320 g/mol. The molecule has 1 aliphatic rings. The topological polar surface area (TPSA) is 16.1 Å². The predicted molar refractivity (Wildman–Crippen MR) is 82.6 cm³/mol. The molecule has 1 fully saturated rings. The average Bonchev–Trinajstić information content (AvgIpc) is 2.57. The van der Waals surface area contributed by atoms with Crippen LogP contribution in [0, 0.1) is 5.82 Å². The summed E-state index contributed by atoms with van der Waals surface area (Å²) >= 11 is 0. The summed E-state index contributed by atoms with van der Waals surface area (Å²) < 4.78 is 52.1. The molecule has 1 aromatic heterocycles. The number of rotatable bonds is 3. The molecule has 1 saturated heterocycles. The van der Waals surface area contributed by atoms with Gasteiger partial charge in [0.2, 0.25) is 0 Å². The summed E-state index contributed by atoms with van der Waals surface area (Å²) in [5.41, 5.74) is 0.249. The highest BCUT2D eigenvalue weighted by Gasteiger charge is 2.32. The van der Waals surface area contributed by atoms with Crippen LogP contribution >= 0.6 is 0 Å². The SMILES string of the molecule is Fc1cc(C(F)(F)F)ccc1CN1CCCC[C@@H]1c1ccccn1. The van der Waals surface area contributed by atoms with Crippen molar-refractivity contribution in [1.82, 2.24) is 9.88 Å². The summed E-state index contributed by atoms with van der Waals surface area (Å²) in [5, 5.41) is 0. The van der Waals surface area contributed by atoms with E-state index in [1.165, 1.54) is 6.07 Å². The van der Waals surface area contributed by atoms with Gasteiger partial charge in [0.25, 0.3) is 0 Å². The lowest BCUT2D eigenvalue weighted by atomic mass is 9.97. The number of pyridine rings is 1. The Morgan fingerprint density at radius 3 is 2.62 bits per heavy atom. The van der Waals surface area contributed by atoms with Gasteiger partial charge >= 0.3 is 6.18 Å².